The molecule has 1 aromatic carbocycles. The molecule has 0 bridgehead atoms. The van der Waals surface area contributed by atoms with Gasteiger partial charge in [-0.25, -0.2) is 9.97 Å². The lowest BCUT2D eigenvalue weighted by Crippen LogP contribution is -2.45. The predicted octanol–water partition coefficient (Wildman–Crippen LogP) is 7.78. The molecule has 0 radical (unpaired) electrons. The molecule has 1 unspecified atom stereocenters. The van der Waals surface area contributed by atoms with Gasteiger partial charge in [0, 0.05) is 18.7 Å². The van der Waals surface area contributed by atoms with Crippen LogP contribution in [0, 0.1) is 24.2 Å². The summed E-state index contributed by atoms with van der Waals surface area (Å²) in [6, 6.07) is 5.67. The second-order valence-corrected chi connectivity index (χ2v) is 10.0. The molecule has 1 aromatic heterocycles. The van der Waals surface area contributed by atoms with Gasteiger partial charge >= 0.3 is 0 Å². The molecule has 3 rings (SSSR count). The number of hydrogen-bond donors (Lipinski definition) is 0. The summed E-state index contributed by atoms with van der Waals surface area (Å²) in [7, 11) is 0. The Morgan fingerprint density at radius 2 is 1.84 bits per heavy atom. The molecule has 0 aliphatic carbocycles. The topological polar surface area (TPSA) is 29.0 Å². The number of rotatable bonds is 7. The zero-order valence-corrected chi connectivity index (χ0v) is 21.0. The summed E-state index contributed by atoms with van der Waals surface area (Å²) >= 11 is 12.7. The number of benzene rings is 1. The van der Waals surface area contributed by atoms with Gasteiger partial charge in [-0.05, 0) is 55.9 Å². The van der Waals surface area contributed by atoms with Gasteiger partial charge in [-0.15, -0.1) is 6.58 Å². The molecule has 0 amide bonds. The van der Waals surface area contributed by atoms with Gasteiger partial charge in [-0.2, -0.15) is 0 Å². The first kappa shape index (κ1) is 24.1. The van der Waals surface area contributed by atoms with Crippen molar-refractivity contribution >= 4 is 29.0 Å². The van der Waals surface area contributed by atoms with Gasteiger partial charge in [0.25, 0.3) is 0 Å². The highest BCUT2D eigenvalue weighted by atomic mass is 35.5. The monoisotopic (exact) mass is 459 g/mol. The van der Waals surface area contributed by atoms with Gasteiger partial charge in [0.1, 0.15) is 0 Å². The van der Waals surface area contributed by atoms with Crippen LogP contribution in [-0.2, 0) is 6.42 Å². The van der Waals surface area contributed by atoms with Gasteiger partial charge in [0.15, 0.2) is 5.82 Å². The average Bonchev–Trinajstić information content (AvgIpc) is 2.76. The quantitative estimate of drug-likeness (QED) is 0.395. The molecule has 5 heteroatoms. The smallest absolute Gasteiger partial charge is 0.150 e. The van der Waals surface area contributed by atoms with Crippen molar-refractivity contribution in [1.29, 1.82) is 0 Å². The van der Waals surface area contributed by atoms with Crippen LogP contribution in [0.2, 0.25) is 10.0 Å². The summed E-state index contributed by atoms with van der Waals surface area (Å²) in [6.07, 6.45) is 6.33. The Balaban J connectivity index is 1.92. The lowest BCUT2D eigenvalue weighted by Gasteiger charge is -2.47. The molecular formula is C26H35Cl2N3. The van der Waals surface area contributed by atoms with Crippen molar-refractivity contribution in [2.24, 2.45) is 17.3 Å². The summed E-state index contributed by atoms with van der Waals surface area (Å²) < 4.78 is 0. The van der Waals surface area contributed by atoms with E-state index in [4.69, 9.17) is 33.2 Å². The largest absolute Gasteiger partial charge is 0.355 e. The van der Waals surface area contributed by atoms with E-state index >= 15 is 0 Å². The van der Waals surface area contributed by atoms with Gasteiger partial charge < -0.3 is 4.90 Å². The van der Waals surface area contributed by atoms with Gasteiger partial charge in [0.2, 0.25) is 0 Å². The lowest BCUT2D eigenvalue weighted by atomic mass is 9.64. The highest BCUT2D eigenvalue weighted by Gasteiger charge is 2.40. The van der Waals surface area contributed by atoms with Crippen molar-refractivity contribution in [3.63, 3.8) is 0 Å². The molecule has 1 aliphatic heterocycles. The number of halogens is 2. The van der Waals surface area contributed by atoms with E-state index in [1.807, 2.05) is 19.1 Å². The van der Waals surface area contributed by atoms with Crippen LogP contribution >= 0.6 is 23.2 Å². The molecule has 2 aromatic rings. The first-order valence-electron chi connectivity index (χ1n) is 11.4. The molecule has 31 heavy (non-hydrogen) atoms. The molecule has 3 nitrogen and oxygen atoms in total. The SMILES string of the molecule is C=CCC1(C(C)C(C)C)CCN(c2nc(C)c(-c3cccc(Cl)c3Cl)nc2CC)CC1. The molecule has 1 atom stereocenters. The van der Waals surface area contributed by atoms with Crippen LogP contribution in [-0.4, -0.2) is 23.1 Å². The number of anilines is 1. The van der Waals surface area contributed by atoms with Crippen LogP contribution in [0.1, 0.15) is 58.3 Å². The fourth-order valence-corrected chi connectivity index (χ4v) is 5.37. The third kappa shape index (κ3) is 4.78. The molecule has 1 saturated heterocycles. The van der Waals surface area contributed by atoms with E-state index in [9.17, 15) is 0 Å². The summed E-state index contributed by atoms with van der Waals surface area (Å²) in [4.78, 5) is 12.5. The Kier molecular flexibility index (Phi) is 7.70. The second-order valence-electron chi connectivity index (χ2n) is 9.26. The van der Waals surface area contributed by atoms with Gasteiger partial charge in [-0.1, -0.05) is 69.1 Å². The molecule has 1 fully saturated rings. The summed E-state index contributed by atoms with van der Waals surface area (Å²) in [5, 5.41) is 1.07. The average molecular weight is 460 g/mol. The van der Waals surface area contributed by atoms with E-state index < -0.39 is 0 Å². The van der Waals surface area contributed by atoms with E-state index in [0.29, 0.717) is 27.3 Å². The van der Waals surface area contributed by atoms with Crippen LogP contribution < -0.4 is 4.90 Å². The third-order valence-electron chi connectivity index (χ3n) is 7.24. The van der Waals surface area contributed by atoms with Crippen molar-refractivity contribution in [3.05, 3.63) is 52.3 Å². The highest BCUT2D eigenvalue weighted by molar-refractivity contribution is 6.43. The maximum Gasteiger partial charge on any atom is 0.150 e. The van der Waals surface area contributed by atoms with Crippen LogP contribution in [0.5, 0.6) is 0 Å². The maximum atomic E-state index is 6.48. The van der Waals surface area contributed by atoms with E-state index in [0.717, 1.165) is 67.2 Å². The Morgan fingerprint density at radius 1 is 1.16 bits per heavy atom. The van der Waals surface area contributed by atoms with E-state index in [1.54, 1.807) is 6.07 Å². The van der Waals surface area contributed by atoms with Crippen molar-refractivity contribution < 1.29 is 0 Å². The van der Waals surface area contributed by atoms with Crippen LogP contribution in [0.25, 0.3) is 11.3 Å². The van der Waals surface area contributed by atoms with Crippen molar-refractivity contribution in [2.75, 3.05) is 18.0 Å². The zero-order chi connectivity index (χ0) is 22.8. The van der Waals surface area contributed by atoms with Gasteiger partial charge in [-0.3, -0.25) is 0 Å². The van der Waals surface area contributed by atoms with Crippen molar-refractivity contribution in [2.45, 2.75) is 60.3 Å². The fraction of sp³-hybridized carbons (Fsp3) is 0.538. The maximum absolute atomic E-state index is 6.48. The normalized spacial score (nSPS) is 17.1. The van der Waals surface area contributed by atoms with Gasteiger partial charge in [0.05, 0.1) is 27.1 Å². The summed E-state index contributed by atoms with van der Waals surface area (Å²) in [5.74, 6) is 2.35. The fourth-order valence-electron chi connectivity index (χ4n) is 4.98. The summed E-state index contributed by atoms with van der Waals surface area (Å²) in [6.45, 7) is 17.3. The minimum atomic E-state index is 0.329. The summed E-state index contributed by atoms with van der Waals surface area (Å²) in [5.41, 5.74) is 3.89. The second kappa shape index (κ2) is 9.92. The third-order valence-corrected chi connectivity index (χ3v) is 8.06. The Hall–Kier alpha value is -1.58. The van der Waals surface area contributed by atoms with Crippen molar-refractivity contribution in [1.82, 2.24) is 9.97 Å². The van der Waals surface area contributed by atoms with Crippen LogP contribution in [0.15, 0.2) is 30.9 Å². The zero-order valence-electron chi connectivity index (χ0n) is 19.5. The molecule has 0 spiro atoms. The van der Waals surface area contributed by atoms with E-state index in [2.05, 4.69) is 45.2 Å². The predicted molar refractivity (Wildman–Crippen MR) is 134 cm³/mol. The molecular weight excluding hydrogens is 425 g/mol. The highest BCUT2D eigenvalue weighted by Crippen LogP contribution is 2.46. The Morgan fingerprint density at radius 3 is 2.42 bits per heavy atom. The number of piperidine rings is 1. The first-order valence-corrected chi connectivity index (χ1v) is 12.2. The van der Waals surface area contributed by atoms with E-state index in [-0.39, 0.29) is 0 Å². The van der Waals surface area contributed by atoms with Crippen molar-refractivity contribution in [3.8, 4) is 11.3 Å². The molecule has 1 aliphatic rings. The number of nitrogens with zero attached hydrogens (tertiary/aromatic N) is 3. The lowest BCUT2D eigenvalue weighted by molar-refractivity contribution is 0.0947. The minimum absolute atomic E-state index is 0.329. The minimum Gasteiger partial charge on any atom is -0.355 e. The number of aryl methyl sites for hydroxylation is 2. The standard InChI is InChI=1S/C26H35Cl2N3/c1-7-12-26(18(5)17(3)4)13-15-31(16-14-26)25-22(8-2)30-24(19(6)29-25)20-10-9-11-21(27)23(20)28/h7,9-11,17-18H,1,8,12-16H2,2-6H3. The Labute approximate surface area is 197 Å². The number of aromatic nitrogens is 2. The van der Waals surface area contributed by atoms with Crippen LogP contribution in [0.4, 0.5) is 5.82 Å². The Bertz CT molecular complexity index is 930. The molecule has 2 heterocycles. The molecule has 168 valence electrons. The number of allylic oxidation sites excluding steroid dienone is 1. The molecule has 0 saturated carbocycles. The first-order chi connectivity index (χ1) is 14.7. The number of hydrogen-bond acceptors (Lipinski definition) is 3. The van der Waals surface area contributed by atoms with Crippen LogP contribution in [0.3, 0.4) is 0 Å². The van der Waals surface area contributed by atoms with E-state index in [1.165, 1.54) is 0 Å². The molecule has 0 N–H and O–H groups in total.